The third-order valence-corrected chi connectivity index (χ3v) is 0.816. The molecule has 0 radical (unpaired) electrons. The van der Waals surface area contributed by atoms with Gasteiger partial charge in [0.05, 0.1) is 0 Å². The van der Waals surface area contributed by atoms with Gasteiger partial charge in [0.1, 0.15) is 0 Å². The summed E-state index contributed by atoms with van der Waals surface area (Å²) in [6.07, 6.45) is 0. The van der Waals surface area contributed by atoms with Crippen molar-refractivity contribution in [2.45, 2.75) is 0 Å². The van der Waals surface area contributed by atoms with Crippen molar-refractivity contribution in [1.29, 1.82) is 0 Å². The van der Waals surface area contributed by atoms with Crippen LogP contribution in [-0.4, -0.2) is 25.9 Å². The Morgan fingerprint density at radius 2 is 1.08 bits per heavy atom. The summed E-state index contributed by atoms with van der Waals surface area (Å²) in [5.41, 5.74) is 0.664. The number of nitrogens with one attached hydrogen (secondary N) is 1. The summed E-state index contributed by atoms with van der Waals surface area (Å²) in [5.74, 6) is 0. The molecular formula is HNNa2O8S2. The van der Waals surface area contributed by atoms with Crippen LogP contribution < -0.4 is 64.8 Å². The van der Waals surface area contributed by atoms with Crippen molar-refractivity contribution >= 4 is 20.8 Å². The Hall–Kier alpha value is 1.70. The van der Waals surface area contributed by atoms with Gasteiger partial charge in [-0.2, -0.15) is 8.57 Å². The van der Waals surface area contributed by atoms with Crippen LogP contribution in [0.25, 0.3) is 0 Å². The zero-order chi connectivity index (χ0) is 9.12. The molecule has 0 aliphatic heterocycles. The molecule has 0 rings (SSSR count). The second-order valence-corrected chi connectivity index (χ2v) is 3.03. The van der Waals surface area contributed by atoms with Crippen molar-refractivity contribution in [1.82, 2.24) is 5.64 Å². The molecule has 0 fully saturated rings. The minimum atomic E-state index is -5.14. The first-order valence-corrected chi connectivity index (χ1v) is 4.41. The fourth-order valence-electron chi connectivity index (χ4n) is 0.0972. The fraction of sp³-hybridized carbons (Fsp3) is 0. The molecule has 13 heteroatoms. The first-order chi connectivity index (χ1) is 4.71. The number of rotatable bonds is 4. The van der Waals surface area contributed by atoms with Crippen LogP contribution in [-0.2, 0) is 29.4 Å². The number of hydrogen-bond donors (Lipinski definition) is 1. The molecule has 0 aromatic carbocycles. The Bertz CT molecular complexity index is 269. The van der Waals surface area contributed by atoms with Crippen LogP contribution in [0.15, 0.2) is 0 Å². The van der Waals surface area contributed by atoms with E-state index in [4.69, 9.17) is 0 Å². The summed E-state index contributed by atoms with van der Waals surface area (Å²) in [6.45, 7) is 0. The van der Waals surface area contributed by atoms with Crippen LogP contribution in [0.2, 0.25) is 0 Å². The van der Waals surface area contributed by atoms with Gasteiger partial charge < -0.3 is 9.11 Å². The van der Waals surface area contributed by atoms with Crippen LogP contribution in [0, 0.1) is 0 Å². The quantitative estimate of drug-likeness (QED) is 0.223. The Labute approximate surface area is 119 Å². The van der Waals surface area contributed by atoms with Crippen LogP contribution in [0.4, 0.5) is 0 Å². The van der Waals surface area contributed by atoms with Crippen LogP contribution in [0.1, 0.15) is 0 Å². The SMILES string of the molecule is O=S(=O)([O-])ONOS(=O)(=O)[O-].[Na+].[Na+]. The molecule has 0 aliphatic rings. The van der Waals surface area contributed by atoms with E-state index in [0.717, 1.165) is 0 Å². The normalized spacial score (nSPS) is 11.2. The Morgan fingerprint density at radius 1 is 0.846 bits per heavy atom. The van der Waals surface area contributed by atoms with Gasteiger partial charge in [0.15, 0.2) is 0 Å². The maximum Gasteiger partial charge on any atom is 1.00 e. The molecule has 0 atom stereocenters. The molecule has 0 unspecified atom stereocenters. The van der Waals surface area contributed by atoms with Crippen LogP contribution >= 0.6 is 0 Å². The van der Waals surface area contributed by atoms with Gasteiger partial charge in [-0.25, -0.2) is 16.8 Å². The summed E-state index contributed by atoms with van der Waals surface area (Å²) in [7, 11) is -10.3. The van der Waals surface area contributed by atoms with Gasteiger partial charge >= 0.3 is 59.1 Å². The molecule has 0 amide bonds. The van der Waals surface area contributed by atoms with Crippen molar-refractivity contribution in [2.75, 3.05) is 0 Å². The predicted molar refractivity (Wildman–Crippen MR) is 24.7 cm³/mol. The van der Waals surface area contributed by atoms with E-state index in [1.807, 2.05) is 0 Å². The molecule has 0 heterocycles. The second kappa shape index (κ2) is 7.92. The Morgan fingerprint density at radius 3 is 1.23 bits per heavy atom. The molecular weight excluding hydrogens is 252 g/mol. The maximum atomic E-state index is 9.50. The monoisotopic (exact) mass is 253 g/mol. The fourth-order valence-corrected chi connectivity index (χ4v) is 0.375. The van der Waals surface area contributed by atoms with Crippen molar-refractivity contribution in [2.24, 2.45) is 0 Å². The van der Waals surface area contributed by atoms with E-state index < -0.39 is 20.8 Å². The molecule has 9 nitrogen and oxygen atoms in total. The summed E-state index contributed by atoms with van der Waals surface area (Å²) in [4.78, 5) is 0. The average Bonchev–Trinajstić information content (AvgIpc) is 1.55. The topological polar surface area (TPSA) is 145 Å². The molecule has 0 aromatic heterocycles. The molecule has 0 saturated heterocycles. The third kappa shape index (κ3) is 19.9. The van der Waals surface area contributed by atoms with Crippen LogP contribution in [0.5, 0.6) is 0 Å². The zero-order valence-corrected chi connectivity index (χ0v) is 12.2. The minimum Gasteiger partial charge on any atom is -0.724 e. The van der Waals surface area contributed by atoms with E-state index in [-0.39, 0.29) is 59.1 Å². The third-order valence-electron chi connectivity index (χ3n) is 0.272. The molecule has 0 saturated carbocycles. The van der Waals surface area contributed by atoms with Gasteiger partial charge in [-0.1, -0.05) is 0 Å². The van der Waals surface area contributed by atoms with Gasteiger partial charge in [0.2, 0.25) is 20.8 Å². The largest absolute Gasteiger partial charge is 1.00 e. The average molecular weight is 253 g/mol. The van der Waals surface area contributed by atoms with Crippen LogP contribution in [0.3, 0.4) is 0 Å². The van der Waals surface area contributed by atoms with Gasteiger partial charge in [0, 0.05) is 0 Å². The minimum absolute atomic E-state index is 0. The van der Waals surface area contributed by atoms with Crippen molar-refractivity contribution in [3.05, 3.63) is 0 Å². The molecule has 13 heavy (non-hydrogen) atoms. The molecule has 0 aromatic rings. The number of hydrogen-bond acceptors (Lipinski definition) is 9. The van der Waals surface area contributed by atoms with E-state index in [0.29, 0.717) is 5.64 Å². The maximum absolute atomic E-state index is 9.50. The van der Waals surface area contributed by atoms with Gasteiger partial charge in [-0.05, 0) is 5.64 Å². The first-order valence-electron chi connectivity index (χ1n) is 1.74. The first kappa shape index (κ1) is 20.2. The summed E-state index contributed by atoms with van der Waals surface area (Å²) < 4.78 is 62.9. The molecule has 68 valence electrons. The molecule has 0 bridgehead atoms. The van der Waals surface area contributed by atoms with Crippen molar-refractivity contribution < 1.29 is 93.6 Å². The van der Waals surface area contributed by atoms with E-state index in [1.54, 1.807) is 0 Å². The molecule has 1 N–H and O–H groups in total. The standard InChI is InChI=1S/H3NO8S2.2Na/c2-10(3,4)8-1-9-11(5,6)7;;/h1H,(H,2,3,4)(H,5,6,7);;/q;2*+1/p-2. The van der Waals surface area contributed by atoms with Gasteiger partial charge in [0.25, 0.3) is 0 Å². The molecule has 0 spiro atoms. The smallest absolute Gasteiger partial charge is 0.724 e. The van der Waals surface area contributed by atoms with Gasteiger partial charge in [-0.15, -0.1) is 0 Å². The van der Waals surface area contributed by atoms with Crippen molar-refractivity contribution in [3.8, 4) is 0 Å². The summed E-state index contributed by atoms with van der Waals surface area (Å²) in [6, 6.07) is 0. The van der Waals surface area contributed by atoms with Crippen molar-refractivity contribution in [3.63, 3.8) is 0 Å². The predicted octanol–water partition coefficient (Wildman–Crippen LogP) is -8.63. The van der Waals surface area contributed by atoms with E-state index in [1.165, 1.54) is 0 Å². The molecule has 0 aliphatic carbocycles. The zero-order valence-electron chi connectivity index (χ0n) is 6.58. The van der Waals surface area contributed by atoms with E-state index in [9.17, 15) is 25.9 Å². The van der Waals surface area contributed by atoms with Gasteiger partial charge in [-0.3, -0.25) is 0 Å². The Kier molecular flexibility index (Phi) is 12.3. The summed E-state index contributed by atoms with van der Waals surface area (Å²) in [5, 5.41) is 0. The second-order valence-electron chi connectivity index (χ2n) is 1.07. The summed E-state index contributed by atoms with van der Waals surface area (Å²) >= 11 is 0. The Balaban J connectivity index is -0.000000500. The van der Waals surface area contributed by atoms with E-state index in [2.05, 4.69) is 8.57 Å². The van der Waals surface area contributed by atoms with E-state index >= 15 is 0 Å².